The Bertz CT molecular complexity index is 661. The van der Waals surface area contributed by atoms with Gasteiger partial charge in [0.15, 0.2) is 0 Å². The Hall–Kier alpha value is -1.95. The zero-order valence-corrected chi connectivity index (χ0v) is 11.8. The number of imide groups is 1. The van der Waals surface area contributed by atoms with Gasteiger partial charge in [-0.3, -0.25) is 9.59 Å². The fraction of sp³-hybridized carbons (Fsp3) is 0.357. The largest absolute Gasteiger partial charge is 0.467 e. The molecule has 0 bridgehead atoms. The van der Waals surface area contributed by atoms with Crippen molar-refractivity contribution in [1.82, 2.24) is 0 Å². The average Bonchev–Trinajstić information content (AvgIpc) is 2.98. The predicted molar refractivity (Wildman–Crippen MR) is 71.5 cm³/mol. The minimum absolute atomic E-state index is 0.311. The maximum Gasteiger partial charge on any atom is 0.344 e. The summed E-state index contributed by atoms with van der Waals surface area (Å²) in [5.74, 6) is -2.35. The molecule has 1 aliphatic carbocycles. The zero-order valence-electron chi connectivity index (χ0n) is 11.1. The molecular formula is C14H11ClFNO4. The number of esters is 1. The van der Waals surface area contributed by atoms with E-state index in [-0.39, 0.29) is 12.8 Å². The first kappa shape index (κ1) is 14.0. The lowest BCUT2D eigenvalue weighted by Crippen LogP contribution is -2.35. The highest BCUT2D eigenvalue weighted by atomic mass is 35.5. The number of anilines is 1. The Morgan fingerprint density at radius 3 is 2.52 bits per heavy atom. The first-order valence-corrected chi connectivity index (χ1v) is 6.64. The first-order chi connectivity index (χ1) is 9.85. The van der Waals surface area contributed by atoms with E-state index in [2.05, 4.69) is 4.74 Å². The van der Waals surface area contributed by atoms with Crippen LogP contribution in [0.5, 0.6) is 0 Å². The molecule has 7 heteroatoms. The standard InChI is InChI=1S/C14H11ClFNO4/c1-21-12(20)14(16)7-13(14)6-10(18)17(11(13)19)9-4-2-8(15)3-5-9/h2-5H,6-7H2,1H3/t13-,14-/m0/s1. The van der Waals surface area contributed by atoms with Crippen molar-refractivity contribution in [3.05, 3.63) is 29.3 Å². The summed E-state index contributed by atoms with van der Waals surface area (Å²) in [5.41, 5.74) is -3.71. The van der Waals surface area contributed by atoms with E-state index in [1.165, 1.54) is 24.3 Å². The molecule has 21 heavy (non-hydrogen) atoms. The Balaban J connectivity index is 1.95. The number of hydrogen-bond donors (Lipinski definition) is 0. The summed E-state index contributed by atoms with van der Waals surface area (Å²) >= 11 is 5.76. The van der Waals surface area contributed by atoms with Crippen LogP contribution in [0.25, 0.3) is 0 Å². The average molecular weight is 312 g/mol. The lowest BCUT2D eigenvalue weighted by molar-refractivity contribution is -0.151. The summed E-state index contributed by atoms with van der Waals surface area (Å²) in [6.45, 7) is 0. The molecule has 0 aromatic heterocycles. The molecule has 1 aromatic rings. The molecule has 1 heterocycles. The minimum atomic E-state index is -2.41. The third-order valence-corrected chi connectivity index (χ3v) is 4.34. The zero-order chi connectivity index (χ0) is 15.4. The van der Waals surface area contributed by atoms with E-state index in [0.29, 0.717) is 10.7 Å². The van der Waals surface area contributed by atoms with Gasteiger partial charge in [0.1, 0.15) is 5.41 Å². The van der Waals surface area contributed by atoms with E-state index < -0.39 is 28.9 Å². The van der Waals surface area contributed by atoms with Crippen molar-refractivity contribution in [3.8, 4) is 0 Å². The van der Waals surface area contributed by atoms with E-state index in [9.17, 15) is 18.8 Å². The fourth-order valence-electron chi connectivity index (χ4n) is 2.84. The second-order valence-electron chi connectivity index (χ2n) is 5.24. The summed E-state index contributed by atoms with van der Waals surface area (Å²) in [6.07, 6.45) is -0.651. The molecule has 2 fully saturated rings. The van der Waals surface area contributed by atoms with E-state index in [0.717, 1.165) is 12.0 Å². The Morgan fingerprint density at radius 2 is 1.95 bits per heavy atom. The number of amides is 2. The fourth-order valence-corrected chi connectivity index (χ4v) is 2.97. The van der Waals surface area contributed by atoms with E-state index in [4.69, 9.17) is 11.6 Å². The van der Waals surface area contributed by atoms with Gasteiger partial charge in [0.05, 0.1) is 12.8 Å². The Labute approximate surface area is 124 Å². The van der Waals surface area contributed by atoms with Crippen LogP contribution in [0.4, 0.5) is 10.1 Å². The number of methoxy groups -OCH3 is 1. The number of hydrogen-bond acceptors (Lipinski definition) is 4. The molecule has 0 radical (unpaired) electrons. The molecule has 1 aromatic carbocycles. The second kappa shape index (κ2) is 4.27. The lowest BCUT2D eigenvalue weighted by atomic mass is 10.0. The van der Waals surface area contributed by atoms with Crippen LogP contribution in [0, 0.1) is 5.41 Å². The SMILES string of the molecule is COC(=O)[C@@]1(F)C[C@]12CC(=O)N(c1ccc(Cl)cc1)C2=O. The van der Waals surface area contributed by atoms with Crippen LogP contribution < -0.4 is 4.90 Å². The van der Waals surface area contributed by atoms with Crippen LogP contribution >= 0.6 is 11.6 Å². The highest BCUT2D eigenvalue weighted by molar-refractivity contribution is 6.31. The van der Waals surface area contributed by atoms with Crippen LogP contribution in [0.2, 0.25) is 5.02 Å². The van der Waals surface area contributed by atoms with Crippen molar-refractivity contribution >= 4 is 35.1 Å². The summed E-state index contributed by atoms with van der Waals surface area (Å²) in [4.78, 5) is 36.9. The topological polar surface area (TPSA) is 63.7 Å². The molecule has 5 nitrogen and oxygen atoms in total. The quantitative estimate of drug-likeness (QED) is 0.618. The molecule has 1 saturated heterocycles. The molecule has 0 unspecified atom stereocenters. The van der Waals surface area contributed by atoms with Crippen molar-refractivity contribution in [1.29, 1.82) is 0 Å². The molecule has 1 aliphatic heterocycles. The van der Waals surface area contributed by atoms with Crippen LogP contribution in [0.15, 0.2) is 24.3 Å². The van der Waals surface area contributed by atoms with E-state index >= 15 is 0 Å². The van der Waals surface area contributed by atoms with Crippen LogP contribution in [-0.4, -0.2) is 30.6 Å². The number of ether oxygens (including phenoxy) is 1. The minimum Gasteiger partial charge on any atom is -0.467 e. The molecule has 2 aliphatic rings. The molecule has 3 rings (SSSR count). The number of carbonyl (C=O) groups is 3. The van der Waals surface area contributed by atoms with Gasteiger partial charge >= 0.3 is 5.97 Å². The maximum atomic E-state index is 14.5. The van der Waals surface area contributed by atoms with Crippen LogP contribution in [0.3, 0.4) is 0 Å². The molecule has 110 valence electrons. The van der Waals surface area contributed by atoms with Crippen molar-refractivity contribution in [2.24, 2.45) is 5.41 Å². The van der Waals surface area contributed by atoms with Crippen molar-refractivity contribution in [3.63, 3.8) is 0 Å². The number of carbonyl (C=O) groups excluding carboxylic acids is 3. The molecule has 1 saturated carbocycles. The third kappa shape index (κ3) is 1.72. The van der Waals surface area contributed by atoms with Gasteiger partial charge in [0.2, 0.25) is 17.5 Å². The first-order valence-electron chi connectivity index (χ1n) is 6.26. The predicted octanol–water partition coefficient (Wildman–Crippen LogP) is 1.87. The van der Waals surface area contributed by atoms with Gasteiger partial charge in [-0.15, -0.1) is 0 Å². The molecular weight excluding hydrogens is 301 g/mol. The highest BCUT2D eigenvalue weighted by Crippen LogP contribution is 2.65. The number of nitrogens with zero attached hydrogens (tertiary/aromatic N) is 1. The van der Waals surface area contributed by atoms with Crippen LogP contribution in [-0.2, 0) is 19.1 Å². The summed E-state index contributed by atoms with van der Waals surface area (Å²) in [6, 6.07) is 6.05. The maximum absolute atomic E-state index is 14.5. The Kier molecular flexibility index (Phi) is 2.85. The van der Waals surface area contributed by atoms with Gasteiger partial charge in [-0.05, 0) is 24.3 Å². The highest BCUT2D eigenvalue weighted by Gasteiger charge is 2.82. The van der Waals surface area contributed by atoms with Gasteiger partial charge in [0, 0.05) is 17.9 Å². The molecule has 2 atom stereocenters. The van der Waals surface area contributed by atoms with Gasteiger partial charge < -0.3 is 4.74 Å². The summed E-state index contributed by atoms with van der Waals surface area (Å²) < 4.78 is 18.9. The number of rotatable bonds is 2. The van der Waals surface area contributed by atoms with Crippen molar-refractivity contribution < 1.29 is 23.5 Å². The third-order valence-electron chi connectivity index (χ3n) is 4.09. The van der Waals surface area contributed by atoms with Gasteiger partial charge in [-0.1, -0.05) is 11.6 Å². The van der Waals surface area contributed by atoms with Crippen LogP contribution in [0.1, 0.15) is 12.8 Å². The van der Waals surface area contributed by atoms with Crippen molar-refractivity contribution in [2.75, 3.05) is 12.0 Å². The van der Waals surface area contributed by atoms with Gasteiger partial charge in [-0.2, -0.15) is 0 Å². The molecule has 2 amide bonds. The van der Waals surface area contributed by atoms with Crippen molar-refractivity contribution in [2.45, 2.75) is 18.5 Å². The van der Waals surface area contributed by atoms with E-state index in [1.54, 1.807) is 0 Å². The second-order valence-corrected chi connectivity index (χ2v) is 5.68. The number of alkyl halides is 1. The number of halogens is 2. The molecule has 1 spiro atoms. The smallest absolute Gasteiger partial charge is 0.344 e. The Morgan fingerprint density at radius 1 is 1.33 bits per heavy atom. The lowest BCUT2D eigenvalue weighted by Gasteiger charge is -2.15. The van der Waals surface area contributed by atoms with E-state index in [1.807, 2.05) is 0 Å². The summed E-state index contributed by atoms with van der Waals surface area (Å²) in [5, 5.41) is 0.452. The monoisotopic (exact) mass is 311 g/mol. The van der Waals surface area contributed by atoms with Gasteiger partial charge in [0.25, 0.3) is 0 Å². The van der Waals surface area contributed by atoms with Gasteiger partial charge in [-0.25, -0.2) is 14.1 Å². The number of benzene rings is 1. The normalized spacial score (nSPS) is 30.9. The summed E-state index contributed by atoms with van der Waals surface area (Å²) in [7, 11) is 1.05. The molecule has 0 N–H and O–H groups in total.